The van der Waals surface area contributed by atoms with E-state index in [0.29, 0.717) is 18.4 Å². The molecule has 3 nitrogen and oxygen atoms in total. The van der Waals surface area contributed by atoms with Crippen LogP contribution in [-0.4, -0.2) is 35.6 Å². The topological polar surface area (TPSA) is 40.5 Å². The molecule has 1 heterocycles. The molecule has 1 aliphatic rings. The zero-order valence-corrected chi connectivity index (χ0v) is 11.7. The molecule has 1 fully saturated rings. The molecule has 2 atom stereocenters. The van der Waals surface area contributed by atoms with Gasteiger partial charge >= 0.3 is 5.97 Å². The van der Waals surface area contributed by atoms with Crippen LogP contribution in [0.3, 0.4) is 0 Å². The minimum Gasteiger partial charge on any atom is -0.481 e. The van der Waals surface area contributed by atoms with Gasteiger partial charge in [0.1, 0.15) is 0 Å². The van der Waals surface area contributed by atoms with Crippen LogP contribution in [0, 0.1) is 11.8 Å². The number of aliphatic carboxylic acids is 1. The van der Waals surface area contributed by atoms with Gasteiger partial charge in [-0.3, -0.25) is 4.79 Å². The highest BCUT2D eigenvalue weighted by atomic mass is 16.4. The summed E-state index contributed by atoms with van der Waals surface area (Å²) in [5, 5.41) is 9.06. The van der Waals surface area contributed by atoms with Crippen molar-refractivity contribution in [2.75, 3.05) is 19.6 Å². The minimum atomic E-state index is -0.650. The molecule has 2 rings (SSSR count). The van der Waals surface area contributed by atoms with E-state index in [9.17, 15) is 4.79 Å². The van der Waals surface area contributed by atoms with Crippen LogP contribution < -0.4 is 0 Å². The Balaban J connectivity index is 2.01. The second kappa shape index (κ2) is 6.20. The maximum atomic E-state index is 11.0. The van der Waals surface area contributed by atoms with Crippen molar-refractivity contribution in [3.05, 3.63) is 35.9 Å². The van der Waals surface area contributed by atoms with Crippen molar-refractivity contribution >= 4 is 5.97 Å². The molecule has 0 aromatic heterocycles. The quantitative estimate of drug-likeness (QED) is 0.886. The number of benzene rings is 1. The maximum Gasteiger partial charge on any atom is 0.307 e. The summed E-state index contributed by atoms with van der Waals surface area (Å²) in [4.78, 5) is 13.3. The molecule has 1 N–H and O–H groups in total. The van der Waals surface area contributed by atoms with Crippen LogP contribution in [0.1, 0.15) is 31.7 Å². The molecule has 104 valence electrons. The van der Waals surface area contributed by atoms with Crippen LogP contribution >= 0.6 is 0 Å². The molecule has 1 aliphatic heterocycles. The largest absolute Gasteiger partial charge is 0.481 e. The maximum absolute atomic E-state index is 11.0. The van der Waals surface area contributed by atoms with Gasteiger partial charge in [0.05, 0.1) is 5.92 Å². The van der Waals surface area contributed by atoms with E-state index in [0.717, 1.165) is 19.5 Å². The van der Waals surface area contributed by atoms with E-state index in [-0.39, 0.29) is 5.92 Å². The molecule has 1 aromatic rings. The number of carboxylic acids is 1. The van der Waals surface area contributed by atoms with E-state index < -0.39 is 5.97 Å². The van der Waals surface area contributed by atoms with Crippen LogP contribution in [0.15, 0.2) is 30.3 Å². The van der Waals surface area contributed by atoms with Crippen molar-refractivity contribution < 1.29 is 9.90 Å². The fourth-order valence-electron chi connectivity index (χ4n) is 2.88. The molecule has 0 bridgehead atoms. The van der Waals surface area contributed by atoms with Crippen molar-refractivity contribution in [1.82, 2.24) is 4.90 Å². The molecule has 1 aromatic carbocycles. The Morgan fingerprint density at radius 1 is 1.37 bits per heavy atom. The van der Waals surface area contributed by atoms with Crippen molar-refractivity contribution in [2.24, 2.45) is 11.8 Å². The third-order valence-electron chi connectivity index (χ3n) is 4.11. The van der Waals surface area contributed by atoms with Gasteiger partial charge in [-0.25, -0.2) is 0 Å². The van der Waals surface area contributed by atoms with Gasteiger partial charge in [0.15, 0.2) is 0 Å². The first-order chi connectivity index (χ1) is 9.08. The molecule has 1 saturated heterocycles. The van der Waals surface area contributed by atoms with E-state index in [1.807, 2.05) is 6.07 Å². The fourth-order valence-corrected chi connectivity index (χ4v) is 2.88. The lowest BCUT2D eigenvalue weighted by atomic mass is 9.88. The van der Waals surface area contributed by atoms with Crippen molar-refractivity contribution in [3.8, 4) is 0 Å². The van der Waals surface area contributed by atoms with Gasteiger partial charge in [0.25, 0.3) is 0 Å². The number of likely N-dealkylation sites (tertiary alicyclic amines) is 1. The predicted molar refractivity (Wildman–Crippen MR) is 76.2 cm³/mol. The summed E-state index contributed by atoms with van der Waals surface area (Å²) in [7, 11) is 0. The van der Waals surface area contributed by atoms with Gasteiger partial charge in [-0.15, -0.1) is 0 Å². The normalized spacial score (nSPS) is 21.7. The number of rotatable bonds is 5. The average Bonchev–Trinajstić information content (AvgIpc) is 2.85. The second-order valence-corrected chi connectivity index (χ2v) is 5.84. The zero-order chi connectivity index (χ0) is 13.8. The lowest BCUT2D eigenvalue weighted by Crippen LogP contribution is -2.29. The molecular formula is C16H23NO2. The van der Waals surface area contributed by atoms with Gasteiger partial charge in [0, 0.05) is 13.1 Å². The van der Waals surface area contributed by atoms with Crippen LogP contribution in [0.5, 0.6) is 0 Å². The SMILES string of the molecule is CC(C)C(CN1CCC(C(=O)O)C1)c1ccccc1. The molecular weight excluding hydrogens is 238 g/mol. The first kappa shape index (κ1) is 14.1. The first-order valence-corrected chi connectivity index (χ1v) is 7.08. The van der Waals surface area contributed by atoms with Crippen LogP contribution in [0.2, 0.25) is 0 Å². The van der Waals surface area contributed by atoms with Gasteiger partial charge in [-0.2, -0.15) is 0 Å². The Hall–Kier alpha value is -1.35. The molecule has 0 amide bonds. The third-order valence-corrected chi connectivity index (χ3v) is 4.11. The Bertz CT molecular complexity index is 416. The highest BCUT2D eigenvalue weighted by Crippen LogP contribution is 2.27. The standard InChI is InChI=1S/C16H23NO2/c1-12(2)15(13-6-4-3-5-7-13)11-17-9-8-14(10-17)16(18)19/h3-7,12,14-15H,8-11H2,1-2H3,(H,18,19). The Kier molecular flexibility index (Phi) is 4.59. The first-order valence-electron chi connectivity index (χ1n) is 7.08. The predicted octanol–water partition coefficient (Wildman–Crippen LogP) is 2.83. The molecule has 0 radical (unpaired) electrons. The van der Waals surface area contributed by atoms with E-state index in [4.69, 9.17) is 5.11 Å². The number of carbonyl (C=O) groups is 1. The lowest BCUT2D eigenvalue weighted by molar-refractivity contribution is -0.141. The van der Waals surface area contributed by atoms with Gasteiger partial charge in [0.2, 0.25) is 0 Å². The average molecular weight is 261 g/mol. The summed E-state index contributed by atoms with van der Waals surface area (Å²) in [6.45, 7) is 7.05. The lowest BCUT2D eigenvalue weighted by Gasteiger charge is -2.27. The molecule has 2 unspecified atom stereocenters. The summed E-state index contributed by atoms with van der Waals surface area (Å²) >= 11 is 0. The van der Waals surface area contributed by atoms with Crippen LogP contribution in [0.25, 0.3) is 0 Å². The van der Waals surface area contributed by atoms with Crippen molar-refractivity contribution in [2.45, 2.75) is 26.2 Å². The number of hydrogen-bond acceptors (Lipinski definition) is 2. The number of hydrogen-bond donors (Lipinski definition) is 1. The van der Waals surface area contributed by atoms with Gasteiger partial charge < -0.3 is 10.0 Å². The summed E-state index contributed by atoms with van der Waals surface area (Å²) < 4.78 is 0. The zero-order valence-electron chi connectivity index (χ0n) is 11.7. The number of carboxylic acid groups (broad SMARTS) is 1. The molecule has 0 saturated carbocycles. The smallest absolute Gasteiger partial charge is 0.307 e. The van der Waals surface area contributed by atoms with E-state index >= 15 is 0 Å². The summed E-state index contributed by atoms with van der Waals surface area (Å²) in [5.74, 6) is 0.215. The summed E-state index contributed by atoms with van der Waals surface area (Å²) in [6, 6.07) is 10.5. The molecule has 0 spiro atoms. The van der Waals surface area contributed by atoms with Crippen molar-refractivity contribution in [3.63, 3.8) is 0 Å². The third kappa shape index (κ3) is 3.57. The highest BCUT2D eigenvalue weighted by Gasteiger charge is 2.30. The van der Waals surface area contributed by atoms with E-state index in [2.05, 4.69) is 43.0 Å². The fraction of sp³-hybridized carbons (Fsp3) is 0.562. The summed E-state index contributed by atoms with van der Waals surface area (Å²) in [5.41, 5.74) is 1.36. The Labute approximate surface area is 115 Å². The van der Waals surface area contributed by atoms with Gasteiger partial charge in [-0.05, 0) is 30.4 Å². The monoisotopic (exact) mass is 261 g/mol. The summed E-state index contributed by atoms with van der Waals surface area (Å²) in [6.07, 6.45) is 0.787. The second-order valence-electron chi connectivity index (χ2n) is 5.84. The van der Waals surface area contributed by atoms with Crippen molar-refractivity contribution in [1.29, 1.82) is 0 Å². The van der Waals surface area contributed by atoms with Gasteiger partial charge in [-0.1, -0.05) is 44.2 Å². The van der Waals surface area contributed by atoms with Crippen LogP contribution in [-0.2, 0) is 4.79 Å². The Morgan fingerprint density at radius 3 is 2.58 bits per heavy atom. The molecule has 3 heteroatoms. The Morgan fingerprint density at radius 2 is 2.05 bits per heavy atom. The minimum absolute atomic E-state index is 0.177. The van der Waals surface area contributed by atoms with E-state index in [1.54, 1.807) is 0 Å². The van der Waals surface area contributed by atoms with E-state index in [1.165, 1.54) is 5.56 Å². The molecule has 0 aliphatic carbocycles. The van der Waals surface area contributed by atoms with Crippen LogP contribution in [0.4, 0.5) is 0 Å². The number of nitrogens with zero attached hydrogens (tertiary/aromatic N) is 1. The molecule has 19 heavy (non-hydrogen) atoms. The highest BCUT2D eigenvalue weighted by molar-refractivity contribution is 5.70.